The highest BCUT2D eigenvalue weighted by Gasteiger charge is 2.21. The summed E-state index contributed by atoms with van der Waals surface area (Å²) >= 11 is 0. The van der Waals surface area contributed by atoms with Crippen LogP contribution in [0.3, 0.4) is 0 Å². The van der Waals surface area contributed by atoms with Gasteiger partial charge in [-0.1, -0.05) is 51.9 Å². The minimum absolute atomic E-state index is 0.387. The summed E-state index contributed by atoms with van der Waals surface area (Å²) in [5.74, 6) is 0.639. The van der Waals surface area contributed by atoms with E-state index in [9.17, 15) is 0 Å². The second-order valence-corrected chi connectivity index (χ2v) is 5.20. The molecule has 0 aromatic carbocycles. The Kier molecular flexibility index (Phi) is 7.87. The fraction of sp³-hybridized carbons (Fsp3) is 1.00. The summed E-state index contributed by atoms with van der Waals surface area (Å²) in [6.45, 7) is 4.09. The van der Waals surface area contributed by atoms with Gasteiger partial charge >= 0.3 is 0 Å². The molecule has 2 atom stereocenters. The minimum atomic E-state index is 0.387. The van der Waals surface area contributed by atoms with E-state index >= 15 is 0 Å². The lowest BCUT2D eigenvalue weighted by Crippen LogP contribution is -2.30. The van der Waals surface area contributed by atoms with E-state index in [0.717, 1.165) is 13.2 Å². The van der Waals surface area contributed by atoms with Crippen molar-refractivity contribution >= 4 is 0 Å². The van der Waals surface area contributed by atoms with Crippen molar-refractivity contribution in [3.05, 3.63) is 0 Å². The van der Waals surface area contributed by atoms with Crippen molar-refractivity contribution in [3.63, 3.8) is 0 Å². The summed E-state index contributed by atoms with van der Waals surface area (Å²) in [5, 5.41) is 0. The number of rotatable bonds is 9. The van der Waals surface area contributed by atoms with Gasteiger partial charge in [0.15, 0.2) is 0 Å². The van der Waals surface area contributed by atoms with E-state index in [-0.39, 0.29) is 0 Å². The van der Waals surface area contributed by atoms with E-state index < -0.39 is 0 Å². The Hall–Kier alpha value is -0.0800. The number of hydrogen-bond donors (Lipinski definition) is 1. The van der Waals surface area contributed by atoms with Crippen molar-refractivity contribution < 1.29 is 4.74 Å². The van der Waals surface area contributed by atoms with Crippen molar-refractivity contribution in [2.45, 2.75) is 70.8 Å². The molecule has 2 unspecified atom stereocenters. The molecule has 0 saturated carbocycles. The Morgan fingerprint density at radius 1 is 1.12 bits per heavy atom. The second-order valence-electron chi connectivity index (χ2n) is 5.20. The van der Waals surface area contributed by atoms with Gasteiger partial charge in [-0.05, 0) is 18.8 Å². The zero-order valence-electron chi connectivity index (χ0n) is 10.9. The molecule has 2 N–H and O–H groups in total. The molecule has 2 nitrogen and oxygen atoms in total. The first kappa shape index (κ1) is 14.0. The molecule has 1 rings (SSSR count). The number of unbranched alkanes of at least 4 members (excludes halogenated alkanes) is 6. The molecule has 0 aromatic rings. The lowest BCUT2D eigenvalue weighted by atomic mass is 9.94. The lowest BCUT2D eigenvalue weighted by molar-refractivity contribution is 0.179. The van der Waals surface area contributed by atoms with E-state index in [1.807, 2.05) is 0 Å². The largest absolute Gasteiger partial charge is 0.381 e. The maximum Gasteiger partial charge on any atom is 0.0509 e. The first-order valence-electron chi connectivity index (χ1n) is 7.18. The van der Waals surface area contributed by atoms with Crippen LogP contribution in [0.5, 0.6) is 0 Å². The van der Waals surface area contributed by atoms with Gasteiger partial charge in [-0.25, -0.2) is 0 Å². The second kappa shape index (κ2) is 9.00. The molecule has 1 fully saturated rings. The average molecular weight is 227 g/mol. The molecule has 0 radical (unpaired) electrons. The van der Waals surface area contributed by atoms with Crippen LogP contribution in [0.25, 0.3) is 0 Å². The van der Waals surface area contributed by atoms with Gasteiger partial charge in [-0.3, -0.25) is 0 Å². The zero-order chi connectivity index (χ0) is 11.6. The normalized spacial score (nSPS) is 22.5. The van der Waals surface area contributed by atoms with Crippen molar-refractivity contribution in [1.82, 2.24) is 0 Å². The standard InChI is InChI=1S/C14H29NO/c1-2-3-4-5-6-7-8-9-14(15)13-10-11-16-12-13/h13-14H,2-12,15H2,1H3. The lowest BCUT2D eigenvalue weighted by Gasteiger charge is -2.17. The Morgan fingerprint density at radius 3 is 2.44 bits per heavy atom. The smallest absolute Gasteiger partial charge is 0.0509 e. The molecule has 16 heavy (non-hydrogen) atoms. The SMILES string of the molecule is CCCCCCCCCC(N)C1CCOC1. The monoisotopic (exact) mass is 227 g/mol. The van der Waals surface area contributed by atoms with Gasteiger partial charge in [0, 0.05) is 12.6 Å². The summed E-state index contributed by atoms with van der Waals surface area (Å²) in [5.41, 5.74) is 6.16. The van der Waals surface area contributed by atoms with Gasteiger partial charge in [0.1, 0.15) is 0 Å². The Labute approximate surface area is 101 Å². The molecule has 1 aliphatic rings. The predicted octanol–water partition coefficient (Wildman–Crippen LogP) is 3.49. The van der Waals surface area contributed by atoms with Gasteiger partial charge in [0.25, 0.3) is 0 Å². The molecule has 0 bridgehead atoms. The van der Waals surface area contributed by atoms with Gasteiger partial charge in [0.2, 0.25) is 0 Å². The van der Waals surface area contributed by atoms with Crippen molar-refractivity contribution in [2.24, 2.45) is 11.7 Å². The first-order valence-corrected chi connectivity index (χ1v) is 7.18. The van der Waals surface area contributed by atoms with E-state index in [2.05, 4.69) is 6.92 Å². The van der Waals surface area contributed by atoms with Crippen LogP contribution in [0, 0.1) is 5.92 Å². The maximum atomic E-state index is 6.16. The van der Waals surface area contributed by atoms with Gasteiger partial charge in [0.05, 0.1) is 6.61 Å². The summed E-state index contributed by atoms with van der Waals surface area (Å²) in [4.78, 5) is 0. The molecule has 1 saturated heterocycles. The number of nitrogens with two attached hydrogens (primary N) is 1. The van der Waals surface area contributed by atoms with Crippen LogP contribution in [-0.2, 0) is 4.74 Å². The topological polar surface area (TPSA) is 35.2 Å². The Morgan fingerprint density at radius 2 is 1.81 bits per heavy atom. The highest BCUT2D eigenvalue weighted by atomic mass is 16.5. The van der Waals surface area contributed by atoms with Crippen LogP contribution in [0.4, 0.5) is 0 Å². The quantitative estimate of drug-likeness (QED) is 0.612. The summed E-state index contributed by atoms with van der Waals surface area (Å²) < 4.78 is 5.37. The highest BCUT2D eigenvalue weighted by molar-refractivity contribution is 4.76. The highest BCUT2D eigenvalue weighted by Crippen LogP contribution is 2.19. The molecule has 0 amide bonds. The van der Waals surface area contributed by atoms with Crippen LogP contribution >= 0.6 is 0 Å². The third kappa shape index (κ3) is 5.86. The number of ether oxygens (including phenoxy) is 1. The molecular weight excluding hydrogens is 198 g/mol. The van der Waals surface area contributed by atoms with E-state index in [1.54, 1.807) is 0 Å². The fourth-order valence-electron chi connectivity index (χ4n) is 2.46. The summed E-state index contributed by atoms with van der Waals surface area (Å²) in [6, 6.07) is 0.387. The average Bonchev–Trinajstić information content (AvgIpc) is 2.81. The molecular formula is C14H29NO. The van der Waals surface area contributed by atoms with Crippen LogP contribution in [0.1, 0.15) is 64.7 Å². The molecule has 0 aromatic heterocycles. The molecule has 0 spiro atoms. The van der Waals surface area contributed by atoms with Crippen molar-refractivity contribution in [2.75, 3.05) is 13.2 Å². The first-order chi connectivity index (χ1) is 7.84. The van der Waals surface area contributed by atoms with Crippen LogP contribution < -0.4 is 5.73 Å². The molecule has 96 valence electrons. The molecule has 0 aliphatic carbocycles. The van der Waals surface area contributed by atoms with E-state index in [1.165, 1.54) is 57.8 Å². The third-order valence-electron chi connectivity index (χ3n) is 3.71. The van der Waals surface area contributed by atoms with Crippen LogP contribution in [-0.4, -0.2) is 19.3 Å². The summed E-state index contributed by atoms with van der Waals surface area (Å²) in [7, 11) is 0. The van der Waals surface area contributed by atoms with Crippen LogP contribution in [0.2, 0.25) is 0 Å². The Bertz CT molecular complexity index is 155. The third-order valence-corrected chi connectivity index (χ3v) is 3.71. The number of hydrogen-bond acceptors (Lipinski definition) is 2. The Balaban J connectivity index is 1.86. The van der Waals surface area contributed by atoms with Gasteiger partial charge < -0.3 is 10.5 Å². The van der Waals surface area contributed by atoms with E-state index in [0.29, 0.717) is 12.0 Å². The van der Waals surface area contributed by atoms with Crippen molar-refractivity contribution in [1.29, 1.82) is 0 Å². The van der Waals surface area contributed by atoms with Gasteiger partial charge in [-0.2, -0.15) is 0 Å². The minimum Gasteiger partial charge on any atom is -0.381 e. The maximum absolute atomic E-state index is 6.16. The van der Waals surface area contributed by atoms with Crippen molar-refractivity contribution in [3.8, 4) is 0 Å². The zero-order valence-corrected chi connectivity index (χ0v) is 10.9. The van der Waals surface area contributed by atoms with Crippen LogP contribution in [0.15, 0.2) is 0 Å². The van der Waals surface area contributed by atoms with E-state index in [4.69, 9.17) is 10.5 Å². The molecule has 2 heteroatoms. The molecule has 1 aliphatic heterocycles. The fourth-order valence-corrected chi connectivity index (χ4v) is 2.46. The predicted molar refractivity (Wildman–Crippen MR) is 69.5 cm³/mol. The molecule has 1 heterocycles. The summed E-state index contributed by atoms with van der Waals surface area (Å²) in [6.07, 6.45) is 12.0. The van der Waals surface area contributed by atoms with Gasteiger partial charge in [-0.15, -0.1) is 0 Å².